The molecule has 1 amide bonds. The molecule has 4 aromatic rings. The van der Waals surface area contributed by atoms with Gasteiger partial charge in [-0.05, 0) is 60.5 Å². The van der Waals surface area contributed by atoms with Crippen molar-refractivity contribution in [3.63, 3.8) is 0 Å². The van der Waals surface area contributed by atoms with Crippen LogP contribution in [0, 0.1) is 0 Å². The van der Waals surface area contributed by atoms with Crippen LogP contribution in [0.15, 0.2) is 71.8 Å². The number of hydrogen-bond acceptors (Lipinski definition) is 7. The number of carbonyl (C=O) groups excluding carboxylic acids is 1. The fourth-order valence-electron chi connectivity index (χ4n) is 4.74. The van der Waals surface area contributed by atoms with Crippen LogP contribution in [0.25, 0.3) is 16.8 Å². The topological polar surface area (TPSA) is 126 Å². The highest BCUT2D eigenvalue weighted by molar-refractivity contribution is 7.84. The lowest BCUT2D eigenvalue weighted by atomic mass is 9.87. The molecule has 1 saturated heterocycles. The van der Waals surface area contributed by atoms with E-state index in [-0.39, 0.29) is 18.4 Å². The number of likely N-dealkylation sites (tertiary alicyclic amines) is 1. The first kappa shape index (κ1) is 24.1. The average molecular weight is 505 g/mol. The number of hydrogen-bond donors (Lipinski definition) is 3. The third-order valence-corrected chi connectivity index (χ3v) is 7.41. The number of fused-ring (bicyclic) bond motifs is 1. The molecule has 1 aliphatic heterocycles. The number of amides is 1. The number of nitrogens with zero attached hydrogens (tertiary/aromatic N) is 4. The van der Waals surface area contributed by atoms with E-state index in [0.717, 1.165) is 33.7 Å². The van der Waals surface area contributed by atoms with E-state index in [9.17, 15) is 14.1 Å². The molecular formula is C26H28N6O3S. The van der Waals surface area contributed by atoms with Gasteiger partial charge in [-0.1, -0.05) is 24.3 Å². The Hall–Kier alpha value is -3.60. The van der Waals surface area contributed by atoms with Crippen LogP contribution in [0.5, 0.6) is 0 Å². The number of β-amino-alcohol motifs (C(OH)–C–C–N with tert-alkyl or cyclic N) is 1. The van der Waals surface area contributed by atoms with E-state index < -0.39 is 16.9 Å². The molecule has 36 heavy (non-hydrogen) atoms. The molecule has 5 rings (SSSR count). The second-order valence-electron chi connectivity index (χ2n) is 9.02. The van der Waals surface area contributed by atoms with Gasteiger partial charge in [0.25, 0.3) is 0 Å². The molecule has 1 fully saturated rings. The molecule has 186 valence electrons. The molecule has 3 heterocycles. The maximum atomic E-state index is 11.7. The molecule has 0 saturated carbocycles. The molecule has 0 spiro atoms. The van der Waals surface area contributed by atoms with Gasteiger partial charge in [0.15, 0.2) is 5.65 Å². The van der Waals surface area contributed by atoms with Crippen molar-refractivity contribution >= 4 is 34.0 Å². The van der Waals surface area contributed by atoms with Crippen molar-refractivity contribution in [2.75, 3.05) is 31.2 Å². The predicted octanol–water partition coefficient (Wildman–Crippen LogP) is 2.51. The van der Waals surface area contributed by atoms with E-state index in [4.69, 9.17) is 10.7 Å². The van der Waals surface area contributed by atoms with Crippen molar-refractivity contribution in [1.29, 1.82) is 0 Å². The van der Waals surface area contributed by atoms with Crippen molar-refractivity contribution in [3.8, 4) is 11.1 Å². The summed E-state index contributed by atoms with van der Waals surface area (Å²) in [7, 11) is -1.03. The summed E-state index contributed by atoms with van der Waals surface area (Å²) in [4.78, 5) is 18.6. The van der Waals surface area contributed by atoms with Gasteiger partial charge >= 0.3 is 0 Å². The number of anilines is 2. The Balaban J connectivity index is 1.36. The van der Waals surface area contributed by atoms with E-state index in [1.54, 1.807) is 10.8 Å². The largest absolute Gasteiger partial charge is 0.391 e. The molecule has 2 aromatic heterocycles. The number of piperidine rings is 1. The normalized spacial score (nSPS) is 19.3. The van der Waals surface area contributed by atoms with Crippen molar-refractivity contribution in [2.24, 2.45) is 5.73 Å². The van der Waals surface area contributed by atoms with Crippen LogP contribution in [-0.2, 0) is 15.6 Å². The molecular weight excluding hydrogens is 476 g/mol. The van der Waals surface area contributed by atoms with E-state index in [2.05, 4.69) is 10.4 Å². The van der Waals surface area contributed by atoms with Crippen LogP contribution in [0.3, 0.4) is 0 Å². The number of carbonyl (C=O) groups is 1. The highest BCUT2D eigenvalue weighted by Gasteiger charge is 2.29. The number of rotatable bonds is 7. The first-order chi connectivity index (χ1) is 17.4. The highest BCUT2D eigenvalue weighted by atomic mass is 32.2. The Morgan fingerprint density at radius 2 is 2.00 bits per heavy atom. The number of nitrogens with one attached hydrogen (secondary N) is 1. The quantitative estimate of drug-likeness (QED) is 0.353. The summed E-state index contributed by atoms with van der Waals surface area (Å²) < 4.78 is 13.4. The van der Waals surface area contributed by atoms with E-state index in [1.165, 1.54) is 0 Å². The summed E-state index contributed by atoms with van der Waals surface area (Å²) in [5.41, 5.74) is 9.74. The lowest BCUT2D eigenvalue weighted by Crippen LogP contribution is -2.46. The molecule has 3 atom stereocenters. The van der Waals surface area contributed by atoms with Gasteiger partial charge in [0.2, 0.25) is 11.9 Å². The summed E-state index contributed by atoms with van der Waals surface area (Å²) in [6, 6.07) is 19.4. The summed E-state index contributed by atoms with van der Waals surface area (Å²) >= 11 is 0. The minimum atomic E-state index is -1.03. The van der Waals surface area contributed by atoms with Gasteiger partial charge < -0.3 is 16.2 Å². The average Bonchev–Trinajstić information content (AvgIpc) is 3.26. The summed E-state index contributed by atoms with van der Waals surface area (Å²) in [6.07, 6.45) is 3.66. The molecule has 4 N–H and O–H groups in total. The molecule has 10 heteroatoms. The lowest BCUT2D eigenvalue weighted by Gasteiger charge is -2.35. The zero-order chi connectivity index (χ0) is 25.2. The zero-order valence-corrected chi connectivity index (χ0v) is 20.7. The predicted molar refractivity (Wildman–Crippen MR) is 139 cm³/mol. The number of pyridine rings is 1. The van der Waals surface area contributed by atoms with Crippen LogP contribution in [-0.4, -0.2) is 66.7 Å². The van der Waals surface area contributed by atoms with E-state index in [1.807, 2.05) is 71.8 Å². The first-order valence-electron chi connectivity index (χ1n) is 11.7. The summed E-state index contributed by atoms with van der Waals surface area (Å²) in [5, 5.41) is 18.6. The smallest absolute Gasteiger partial charge is 0.247 e. The maximum absolute atomic E-state index is 11.7. The van der Waals surface area contributed by atoms with Crippen LogP contribution in [0.4, 0.5) is 11.6 Å². The van der Waals surface area contributed by atoms with Crippen LogP contribution >= 0.6 is 0 Å². The van der Waals surface area contributed by atoms with Crippen molar-refractivity contribution < 1.29 is 14.1 Å². The molecule has 0 bridgehead atoms. The van der Waals surface area contributed by atoms with Gasteiger partial charge in [-0.15, -0.1) is 5.10 Å². The first-order valence-corrected chi connectivity index (χ1v) is 13.3. The second-order valence-corrected chi connectivity index (χ2v) is 10.4. The number of aliphatic hydroxyl groups excluding tert-OH is 1. The van der Waals surface area contributed by atoms with Crippen molar-refractivity contribution in [3.05, 3.63) is 72.4 Å². The molecule has 0 radical (unpaired) electrons. The van der Waals surface area contributed by atoms with Crippen LogP contribution in [0.2, 0.25) is 0 Å². The Kier molecular flexibility index (Phi) is 6.82. The second kappa shape index (κ2) is 10.2. The third-order valence-electron chi connectivity index (χ3n) is 6.48. The van der Waals surface area contributed by atoms with E-state index in [0.29, 0.717) is 24.7 Å². The Labute approximate surface area is 211 Å². The van der Waals surface area contributed by atoms with Gasteiger partial charge in [-0.25, -0.2) is 4.52 Å². The van der Waals surface area contributed by atoms with Gasteiger partial charge in [0.1, 0.15) is 0 Å². The lowest BCUT2D eigenvalue weighted by molar-refractivity contribution is -0.119. The Morgan fingerprint density at radius 1 is 1.19 bits per heavy atom. The number of benzene rings is 2. The number of aromatic nitrogens is 3. The number of aliphatic hydroxyl groups is 1. The Morgan fingerprint density at radius 3 is 2.72 bits per heavy atom. The SMILES string of the molecule is CS(=O)c1ccc(-c2cccn3nc(Nc4cccc([C@@H]5CCN(CC(N)=O)C[C@@H]5O)c4)nc23)cc1. The minimum absolute atomic E-state index is 0.0306. The summed E-state index contributed by atoms with van der Waals surface area (Å²) in [5.74, 6) is 0.0454. The molecule has 1 unspecified atom stereocenters. The van der Waals surface area contributed by atoms with E-state index >= 15 is 0 Å². The monoisotopic (exact) mass is 504 g/mol. The van der Waals surface area contributed by atoms with Gasteiger partial charge in [-0.3, -0.25) is 13.9 Å². The maximum Gasteiger partial charge on any atom is 0.247 e. The van der Waals surface area contributed by atoms with Crippen molar-refractivity contribution in [1.82, 2.24) is 19.5 Å². The van der Waals surface area contributed by atoms with Gasteiger partial charge in [-0.2, -0.15) is 4.98 Å². The molecule has 0 aliphatic carbocycles. The standard InChI is InChI=1S/C26H28N6O3S/c1-36(35)20-9-7-17(8-10-20)22-6-3-12-32-25(22)29-26(30-32)28-19-5-2-4-18(14-19)21-11-13-31(15-23(21)33)16-24(27)34/h2-10,12,14,21,23,33H,11,13,15-16H2,1H3,(H2,27,34)(H,28,30)/t21-,23-,36?/m0/s1. The van der Waals surface area contributed by atoms with Crippen molar-refractivity contribution in [2.45, 2.75) is 23.3 Å². The number of nitrogens with two attached hydrogens (primary N) is 1. The zero-order valence-electron chi connectivity index (χ0n) is 19.9. The minimum Gasteiger partial charge on any atom is -0.391 e. The summed E-state index contributed by atoms with van der Waals surface area (Å²) in [6.45, 7) is 1.28. The van der Waals surface area contributed by atoms with Gasteiger partial charge in [0, 0.05) is 51.9 Å². The fraction of sp³-hybridized carbons (Fsp3) is 0.269. The van der Waals surface area contributed by atoms with Crippen LogP contribution in [0.1, 0.15) is 17.9 Å². The van der Waals surface area contributed by atoms with Gasteiger partial charge in [0.05, 0.1) is 12.6 Å². The third kappa shape index (κ3) is 5.15. The molecule has 2 aromatic carbocycles. The molecule has 1 aliphatic rings. The van der Waals surface area contributed by atoms with Crippen LogP contribution < -0.4 is 11.1 Å². The Bertz CT molecular complexity index is 1420. The fourth-order valence-corrected chi connectivity index (χ4v) is 5.26. The number of primary amides is 1. The highest BCUT2D eigenvalue weighted by Crippen LogP contribution is 2.31. The molecule has 9 nitrogen and oxygen atoms in total.